The molecule has 2 N–H and O–H groups in total. The Bertz CT molecular complexity index is 516. The third-order valence-corrected chi connectivity index (χ3v) is 2.68. The number of nitrogens with one attached hydrogen (secondary N) is 2. The molecule has 0 aliphatic rings. The normalized spacial score (nSPS) is 9.57. The van der Waals surface area contributed by atoms with Crippen molar-refractivity contribution in [3.63, 3.8) is 0 Å². The lowest BCUT2D eigenvalue weighted by Crippen LogP contribution is -2.35. The molecule has 0 aromatic heterocycles. The number of benzene rings is 1. The molecule has 0 bridgehead atoms. The van der Waals surface area contributed by atoms with E-state index in [9.17, 15) is 9.59 Å². The summed E-state index contributed by atoms with van der Waals surface area (Å²) in [6.07, 6.45) is 3.36. The van der Waals surface area contributed by atoms with Gasteiger partial charge < -0.3 is 15.5 Å². The zero-order valence-corrected chi connectivity index (χ0v) is 12.3. The molecule has 5 nitrogen and oxygen atoms in total. The van der Waals surface area contributed by atoms with Crippen molar-refractivity contribution in [2.45, 2.75) is 6.92 Å². The first-order valence-electron chi connectivity index (χ1n) is 6.68. The van der Waals surface area contributed by atoms with Gasteiger partial charge in [0.25, 0.3) is 0 Å². The topological polar surface area (TPSA) is 61.4 Å². The van der Waals surface area contributed by atoms with Crippen molar-refractivity contribution in [1.29, 1.82) is 0 Å². The maximum atomic E-state index is 12.1. The molecule has 0 aliphatic heterocycles. The van der Waals surface area contributed by atoms with Gasteiger partial charge in [-0.1, -0.05) is 18.2 Å². The fourth-order valence-electron chi connectivity index (χ4n) is 1.79. The van der Waals surface area contributed by atoms with Crippen molar-refractivity contribution < 1.29 is 9.59 Å². The Labute approximate surface area is 125 Å². The van der Waals surface area contributed by atoms with Gasteiger partial charge in [-0.05, 0) is 18.2 Å². The maximum absolute atomic E-state index is 12.1. The molecule has 0 saturated heterocycles. The summed E-state index contributed by atoms with van der Waals surface area (Å²) in [5.74, 6) is -0.175. The van der Waals surface area contributed by atoms with E-state index >= 15 is 0 Å². The molecule has 0 radical (unpaired) electrons. The van der Waals surface area contributed by atoms with Gasteiger partial charge in [0.2, 0.25) is 11.8 Å². The fraction of sp³-hybridized carbons (Fsp3) is 0.250. The van der Waals surface area contributed by atoms with E-state index in [-0.39, 0.29) is 18.4 Å². The van der Waals surface area contributed by atoms with Gasteiger partial charge in [-0.25, -0.2) is 0 Å². The van der Waals surface area contributed by atoms with E-state index in [0.29, 0.717) is 18.8 Å². The third-order valence-electron chi connectivity index (χ3n) is 2.68. The predicted octanol–water partition coefficient (Wildman–Crippen LogP) is 2.26. The Morgan fingerprint density at radius 3 is 2.38 bits per heavy atom. The van der Waals surface area contributed by atoms with Crippen LogP contribution in [0.15, 0.2) is 49.6 Å². The predicted molar refractivity (Wildman–Crippen MR) is 86.2 cm³/mol. The molecule has 0 unspecified atom stereocenters. The van der Waals surface area contributed by atoms with Gasteiger partial charge in [0.1, 0.15) is 0 Å². The average Bonchev–Trinajstić information content (AvgIpc) is 2.44. The van der Waals surface area contributed by atoms with Gasteiger partial charge >= 0.3 is 0 Å². The number of carbonyl (C=O) groups is 2. The van der Waals surface area contributed by atoms with Crippen LogP contribution in [0.25, 0.3) is 0 Å². The Kier molecular flexibility index (Phi) is 6.74. The lowest BCUT2D eigenvalue weighted by Gasteiger charge is -2.19. The molecule has 112 valence electrons. The molecule has 1 aromatic rings. The molecule has 0 fully saturated rings. The van der Waals surface area contributed by atoms with Crippen molar-refractivity contribution in [1.82, 2.24) is 4.90 Å². The number of hydrogen-bond acceptors (Lipinski definition) is 3. The van der Waals surface area contributed by atoms with Gasteiger partial charge in [0.05, 0.1) is 6.54 Å². The summed E-state index contributed by atoms with van der Waals surface area (Å²) in [6, 6.07) is 7.21. The molecule has 1 aromatic carbocycles. The van der Waals surface area contributed by atoms with Crippen molar-refractivity contribution in [2.75, 3.05) is 30.3 Å². The molecule has 0 atom stereocenters. The van der Waals surface area contributed by atoms with E-state index in [1.165, 1.54) is 6.92 Å². The summed E-state index contributed by atoms with van der Waals surface area (Å²) in [5.41, 5.74) is 1.46. The first-order valence-corrected chi connectivity index (χ1v) is 6.68. The molecular weight excluding hydrogens is 266 g/mol. The molecule has 0 spiro atoms. The molecule has 21 heavy (non-hydrogen) atoms. The molecule has 0 heterocycles. The number of carbonyl (C=O) groups excluding carboxylic acids is 2. The van der Waals surface area contributed by atoms with Gasteiger partial charge in [-0.3, -0.25) is 9.59 Å². The van der Waals surface area contributed by atoms with Crippen molar-refractivity contribution in [2.24, 2.45) is 0 Å². The van der Waals surface area contributed by atoms with Gasteiger partial charge in [-0.15, -0.1) is 13.2 Å². The van der Waals surface area contributed by atoms with Crippen LogP contribution >= 0.6 is 0 Å². The first-order chi connectivity index (χ1) is 10.1. The summed E-state index contributed by atoms with van der Waals surface area (Å²) >= 11 is 0. The Morgan fingerprint density at radius 2 is 1.81 bits per heavy atom. The molecule has 2 amide bonds. The second-order valence-corrected chi connectivity index (χ2v) is 4.49. The van der Waals surface area contributed by atoms with Crippen LogP contribution in [0, 0.1) is 0 Å². The van der Waals surface area contributed by atoms with Crippen LogP contribution in [0.5, 0.6) is 0 Å². The summed E-state index contributed by atoms with van der Waals surface area (Å²) < 4.78 is 0. The lowest BCUT2D eigenvalue weighted by atomic mass is 10.2. The number of nitrogens with zero attached hydrogens (tertiary/aromatic N) is 1. The van der Waals surface area contributed by atoms with Crippen LogP contribution in [0.4, 0.5) is 11.4 Å². The van der Waals surface area contributed by atoms with Crippen molar-refractivity contribution in [3.05, 3.63) is 49.6 Å². The highest BCUT2D eigenvalue weighted by Gasteiger charge is 2.10. The van der Waals surface area contributed by atoms with Crippen LogP contribution < -0.4 is 10.6 Å². The van der Waals surface area contributed by atoms with Gasteiger partial charge in [0, 0.05) is 31.4 Å². The fourth-order valence-corrected chi connectivity index (χ4v) is 1.79. The Hall–Kier alpha value is -2.56. The molecule has 0 aliphatic carbocycles. The molecular formula is C16H21N3O2. The monoisotopic (exact) mass is 287 g/mol. The highest BCUT2D eigenvalue weighted by atomic mass is 16.2. The van der Waals surface area contributed by atoms with Crippen LogP contribution in [0.1, 0.15) is 6.92 Å². The maximum Gasteiger partial charge on any atom is 0.242 e. The zero-order valence-electron chi connectivity index (χ0n) is 12.3. The minimum Gasteiger partial charge on any atom is -0.376 e. The van der Waals surface area contributed by atoms with Crippen LogP contribution in [0.3, 0.4) is 0 Å². The minimum absolute atomic E-state index is 0.0419. The van der Waals surface area contributed by atoms with Crippen LogP contribution in [0.2, 0.25) is 0 Å². The molecule has 0 saturated carbocycles. The largest absolute Gasteiger partial charge is 0.376 e. The highest BCUT2D eigenvalue weighted by molar-refractivity contribution is 5.89. The number of rotatable bonds is 8. The summed E-state index contributed by atoms with van der Waals surface area (Å²) in [7, 11) is 0. The van der Waals surface area contributed by atoms with E-state index in [1.54, 1.807) is 29.2 Å². The van der Waals surface area contributed by atoms with Gasteiger partial charge in [-0.2, -0.15) is 0 Å². The van der Waals surface area contributed by atoms with E-state index in [0.717, 1.165) is 5.69 Å². The number of anilines is 2. The second kappa shape index (κ2) is 8.58. The highest BCUT2D eigenvalue weighted by Crippen LogP contribution is 2.14. The minimum atomic E-state index is -0.133. The average molecular weight is 287 g/mol. The van der Waals surface area contributed by atoms with Crippen molar-refractivity contribution >= 4 is 23.2 Å². The summed E-state index contributed by atoms with van der Waals surface area (Å²) in [5, 5.41) is 5.74. The smallest absolute Gasteiger partial charge is 0.242 e. The molecule has 1 rings (SSSR count). The lowest BCUT2D eigenvalue weighted by molar-refractivity contribution is -0.128. The zero-order chi connectivity index (χ0) is 15.7. The van der Waals surface area contributed by atoms with Crippen LogP contribution in [-0.4, -0.2) is 36.3 Å². The molecule has 5 heteroatoms. The SMILES string of the molecule is C=CCN(CC=C)C(=O)CNc1cccc(NC(C)=O)c1. The number of amides is 2. The third kappa shape index (κ3) is 5.95. The number of hydrogen-bond donors (Lipinski definition) is 2. The van der Waals surface area contributed by atoms with E-state index in [1.807, 2.05) is 12.1 Å². The van der Waals surface area contributed by atoms with E-state index in [2.05, 4.69) is 23.8 Å². The van der Waals surface area contributed by atoms with E-state index in [4.69, 9.17) is 0 Å². The Balaban J connectivity index is 2.61. The standard InChI is InChI=1S/C16H21N3O2/c1-4-9-19(10-5-2)16(21)12-17-14-7-6-8-15(11-14)18-13(3)20/h4-8,11,17H,1-2,9-10,12H2,3H3,(H,18,20). The summed E-state index contributed by atoms with van der Waals surface area (Å²) in [6.45, 7) is 9.86. The Morgan fingerprint density at radius 1 is 1.19 bits per heavy atom. The van der Waals surface area contributed by atoms with Gasteiger partial charge in [0.15, 0.2) is 0 Å². The second-order valence-electron chi connectivity index (χ2n) is 4.49. The van der Waals surface area contributed by atoms with E-state index < -0.39 is 0 Å². The first kappa shape index (κ1) is 16.5. The van der Waals surface area contributed by atoms with Crippen LogP contribution in [-0.2, 0) is 9.59 Å². The van der Waals surface area contributed by atoms with Crippen molar-refractivity contribution in [3.8, 4) is 0 Å². The summed E-state index contributed by atoms with van der Waals surface area (Å²) in [4.78, 5) is 24.7. The quantitative estimate of drug-likeness (QED) is 0.721.